The summed E-state index contributed by atoms with van der Waals surface area (Å²) in [5.74, 6) is -0.326. The number of benzene rings is 2. The van der Waals surface area contributed by atoms with Crippen molar-refractivity contribution >= 4 is 22.6 Å². The molecule has 1 aliphatic rings. The Hall–Kier alpha value is -4.01. The number of carbonyl (C=O) groups excluding carboxylic acids is 1. The Morgan fingerprint density at radius 2 is 1.97 bits per heavy atom. The fraction of sp³-hybridized carbons (Fsp3) is 0.280. The molecular formula is C25H25FN6O2. The van der Waals surface area contributed by atoms with Gasteiger partial charge in [-0.15, -0.1) is 0 Å². The predicted octanol–water partition coefficient (Wildman–Crippen LogP) is 3.03. The average Bonchev–Trinajstić information content (AvgIpc) is 3.48. The van der Waals surface area contributed by atoms with Crippen molar-refractivity contribution in [2.24, 2.45) is 0 Å². The summed E-state index contributed by atoms with van der Waals surface area (Å²) < 4.78 is 14.7. The van der Waals surface area contributed by atoms with Gasteiger partial charge in [-0.2, -0.15) is 5.10 Å². The Labute approximate surface area is 195 Å². The molecule has 5 rings (SSSR count). The highest BCUT2D eigenvalue weighted by Gasteiger charge is 2.44. The number of carbonyl (C=O) groups is 1. The number of aromatic nitrogens is 4. The molecule has 1 saturated carbocycles. The minimum absolute atomic E-state index is 0.0983. The molecule has 1 fully saturated rings. The summed E-state index contributed by atoms with van der Waals surface area (Å²) in [7, 11) is 0. The van der Waals surface area contributed by atoms with Crippen LogP contribution in [0.3, 0.4) is 0 Å². The van der Waals surface area contributed by atoms with Crippen molar-refractivity contribution in [1.29, 1.82) is 0 Å². The highest BCUT2D eigenvalue weighted by atomic mass is 19.1. The molecule has 0 radical (unpaired) electrons. The topological polar surface area (TPSA) is 105 Å². The van der Waals surface area contributed by atoms with Crippen LogP contribution in [0.2, 0.25) is 0 Å². The molecule has 0 spiro atoms. The number of amides is 1. The summed E-state index contributed by atoms with van der Waals surface area (Å²) >= 11 is 0. The molecule has 1 amide bonds. The molecule has 0 atom stereocenters. The lowest BCUT2D eigenvalue weighted by molar-refractivity contribution is -0.121. The maximum absolute atomic E-state index is 13.3. The third kappa shape index (κ3) is 4.41. The number of aryl methyl sites for hydroxylation is 1. The highest BCUT2D eigenvalue weighted by molar-refractivity contribution is 5.79. The fourth-order valence-electron chi connectivity index (χ4n) is 4.17. The molecule has 2 heterocycles. The van der Waals surface area contributed by atoms with Gasteiger partial charge in [-0.25, -0.2) is 9.37 Å². The van der Waals surface area contributed by atoms with Gasteiger partial charge < -0.3 is 10.6 Å². The monoisotopic (exact) mass is 460 g/mol. The van der Waals surface area contributed by atoms with Gasteiger partial charge in [-0.05, 0) is 55.2 Å². The molecule has 2 aromatic heterocycles. The molecular weight excluding hydrogens is 435 g/mol. The maximum atomic E-state index is 13.3. The van der Waals surface area contributed by atoms with Crippen LogP contribution in [-0.2, 0) is 23.3 Å². The number of nitrogens with zero attached hydrogens (tertiary/aromatic N) is 3. The van der Waals surface area contributed by atoms with Crippen LogP contribution in [0.5, 0.6) is 0 Å². The first-order valence-electron chi connectivity index (χ1n) is 11.2. The first-order valence-corrected chi connectivity index (χ1v) is 11.2. The van der Waals surface area contributed by atoms with E-state index >= 15 is 0 Å². The molecule has 0 unspecified atom stereocenters. The third-order valence-corrected chi connectivity index (χ3v) is 6.45. The van der Waals surface area contributed by atoms with Crippen molar-refractivity contribution in [2.75, 3.05) is 11.9 Å². The van der Waals surface area contributed by atoms with Crippen molar-refractivity contribution < 1.29 is 9.18 Å². The molecule has 174 valence electrons. The van der Waals surface area contributed by atoms with Crippen molar-refractivity contribution in [3.05, 3.63) is 87.9 Å². The van der Waals surface area contributed by atoms with Crippen LogP contribution < -0.4 is 16.2 Å². The van der Waals surface area contributed by atoms with E-state index < -0.39 is 0 Å². The van der Waals surface area contributed by atoms with Crippen LogP contribution in [0, 0.1) is 12.7 Å². The van der Waals surface area contributed by atoms with E-state index in [4.69, 9.17) is 0 Å². The summed E-state index contributed by atoms with van der Waals surface area (Å²) in [6, 6.07) is 12.3. The van der Waals surface area contributed by atoms with Gasteiger partial charge in [0, 0.05) is 35.8 Å². The second kappa shape index (κ2) is 8.74. The largest absolute Gasteiger partial charge is 0.365 e. The number of nitrogens with one attached hydrogen (secondary N) is 3. The summed E-state index contributed by atoms with van der Waals surface area (Å²) in [4.78, 5) is 29.9. The zero-order valence-electron chi connectivity index (χ0n) is 18.8. The second-order valence-corrected chi connectivity index (χ2v) is 8.85. The van der Waals surface area contributed by atoms with E-state index in [9.17, 15) is 14.0 Å². The SMILES string of the molecule is Cc1cnc(NCC2(c3ccc(F)cc3)CC2)c(=O)n1CC(=O)NCc1ccc2[nH]ncc2c1. The summed E-state index contributed by atoms with van der Waals surface area (Å²) in [5, 5.41) is 13.9. The van der Waals surface area contributed by atoms with Gasteiger partial charge in [0.15, 0.2) is 5.82 Å². The molecule has 8 nitrogen and oxygen atoms in total. The minimum atomic E-state index is -0.343. The number of anilines is 1. The number of hydrogen-bond donors (Lipinski definition) is 3. The van der Waals surface area contributed by atoms with Gasteiger partial charge in [-0.1, -0.05) is 18.2 Å². The molecule has 1 aliphatic carbocycles. The number of fused-ring (bicyclic) bond motifs is 1. The van der Waals surface area contributed by atoms with E-state index in [0.717, 1.165) is 34.9 Å². The summed E-state index contributed by atoms with van der Waals surface area (Å²) in [6.45, 7) is 2.52. The molecule has 3 N–H and O–H groups in total. The van der Waals surface area contributed by atoms with E-state index in [1.165, 1.54) is 16.7 Å². The molecule has 0 saturated heterocycles. The van der Waals surface area contributed by atoms with Gasteiger partial charge in [0.25, 0.3) is 5.56 Å². The number of aromatic amines is 1. The minimum Gasteiger partial charge on any atom is -0.365 e. The third-order valence-electron chi connectivity index (χ3n) is 6.45. The summed E-state index contributed by atoms with van der Waals surface area (Å²) in [6.07, 6.45) is 5.23. The number of hydrogen-bond acceptors (Lipinski definition) is 5. The first-order chi connectivity index (χ1) is 16.4. The van der Waals surface area contributed by atoms with E-state index in [1.54, 1.807) is 31.5 Å². The van der Waals surface area contributed by atoms with Gasteiger partial charge in [0.1, 0.15) is 12.4 Å². The number of H-pyrrole nitrogens is 1. The zero-order valence-corrected chi connectivity index (χ0v) is 18.8. The van der Waals surface area contributed by atoms with Crippen LogP contribution in [0.4, 0.5) is 10.2 Å². The fourth-order valence-corrected chi connectivity index (χ4v) is 4.17. The molecule has 0 bridgehead atoms. The molecule has 34 heavy (non-hydrogen) atoms. The van der Waals surface area contributed by atoms with Gasteiger partial charge in [0.05, 0.1) is 11.7 Å². The Morgan fingerprint density at radius 1 is 1.18 bits per heavy atom. The van der Waals surface area contributed by atoms with Gasteiger partial charge in [0.2, 0.25) is 5.91 Å². The predicted molar refractivity (Wildman–Crippen MR) is 127 cm³/mol. The van der Waals surface area contributed by atoms with Gasteiger partial charge >= 0.3 is 0 Å². The van der Waals surface area contributed by atoms with Crippen LogP contribution in [0.15, 0.2) is 59.7 Å². The van der Waals surface area contributed by atoms with E-state index in [-0.39, 0.29) is 35.1 Å². The van der Waals surface area contributed by atoms with Crippen molar-refractivity contribution in [2.45, 2.75) is 38.3 Å². The Morgan fingerprint density at radius 3 is 2.74 bits per heavy atom. The maximum Gasteiger partial charge on any atom is 0.293 e. The molecule has 4 aromatic rings. The smallest absolute Gasteiger partial charge is 0.293 e. The van der Waals surface area contributed by atoms with E-state index in [1.807, 2.05) is 18.2 Å². The van der Waals surface area contributed by atoms with Gasteiger partial charge in [-0.3, -0.25) is 19.3 Å². The molecule has 0 aliphatic heterocycles. The second-order valence-electron chi connectivity index (χ2n) is 8.85. The zero-order chi connectivity index (χ0) is 23.7. The van der Waals surface area contributed by atoms with Crippen LogP contribution in [-0.4, -0.2) is 32.2 Å². The Bertz CT molecular complexity index is 1410. The molecule has 2 aromatic carbocycles. The number of halogens is 1. The lowest BCUT2D eigenvalue weighted by Gasteiger charge is -2.18. The van der Waals surface area contributed by atoms with E-state index in [0.29, 0.717) is 18.8 Å². The van der Waals surface area contributed by atoms with Crippen LogP contribution in [0.1, 0.15) is 29.7 Å². The van der Waals surface area contributed by atoms with E-state index in [2.05, 4.69) is 25.8 Å². The quantitative estimate of drug-likeness (QED) is 0.375. The molecule has 9 heteroatoms. The lowest BCUT2D eigenvalue weighted by atomic mass is 9.96. The van der Waals surface area contributed by atoms with Crippen LogP contribution in [0.25, 0.3) is 10.9 Å². The highest BCUT2D eigenvalue weighted by Crippen LogP contribution is 2.48. The standard InChI is InChI=1S/C25H25FN6O2/c1-16-11-28-23(29-15-25(8-9-25)19-3-5-20(26)6-4-19)24(34)32(16)14-22(33)27-12-17-2-7-21-18(10-17)13-30-31-21/h2-7,10-11,13H,8-9,12,14-15H2,1H3,(H,27,33)(H,28,29)(H,30,31). The summed E-state index contributed by atoms with van der Waals surface area (Å²) in [5.41, 5.74) is 3.06. The Balaban J connectivity index is 1.24. The number of rotatable bonds is 8. The van der Waals surface area contributed by atoms with Crippen molar-refractivity contribution in [3.8, 4) is 0 Å². The van der Waals surface area contributed by atoms with Crippen molar-refractivity contribution in [3.63, 3.8) is 0 Å². The normalized spacial score (nSPS) is 14.2. The van der Waals surface area contributed by atoms with Crippen molar-refractivity contribution in [1.82, 2.24) is 25.1 Å². The lowest BCUT2D eigenvalue weighted by Crippen LogP contribution is -2.35. The Kier molecular flexibility index (Phi) is 5.61. The first kappa shape index (κ1) is 21.8. The average molecular weight is 461 g/mol. The van der Waals surface area contributed by atoms with Crippen LogP contribution >= 0.6 is 0 Å².